The largest absolute Gasteiger partial charge is 0.308 e. The smallest absolute Gasteiger partial charge is 0.0723 e. The summed E-state index contributed by atoms with van der Waals surface area (Å²) in [6.07, 6.45) is 0. The van der Waals surface area contributed by atoms with E-state index in [0.717, 1.165) is 0 Å². The van der Waals surface area contributed by atoms with Crippen LogP contribution in [0.25, 0.3) is 103 Å². The van der Waals surface area contributed by atoms with E-state index in [1.807, 2.05) is 11.3 Å². The number of hydrogen-bond acceptors (Lipinski definition) is 1. The zero-order valence-electron chi connectivity index (χ0n) is 28.3. The van der Waals surface area contributed by atoms with Crippen molar-refractivity contribution in [3.05, 3.63) is 163 Å². The third kappa shape index (κ3) is 3.41. The fourth-order valence-electron chi connectivity index (χ4n) is 9.83. The van der Waals surface area contributed by atoms with Gasteiger partial charge in [-0.05, 0) is 90.7 Å². The van der Waals surface area contributed by atoms with Crippen molar-refractivity contribution in [2.75, 3.05) is 0 Å². The van der Waals surface area contributed by atoms with E-state index in [1.165, 1.54) is 114 Å². The van der Waals surface area contributed by atoms with Crippen LogP contribution in [-0.2, 0) is 5.41 Å². The Kier molecular flexibility index (Phi) is 5.25. The molecular formula is C49H31NS. The van der Waals surface area contributed by atoms with Gasteiger partial charge in [0, 0.05) is 37.3 Å². The highest BCUT2D eigenvalue weighted by Crippen LogP contribution is 2.59. The molecule has 2 heterocycles. The summed E-state index contributed by atoms with van der Waals surface area (Å²) in [4.78, 5) is 0. The van der Waals surface area contributed by atoms with Gasteiger partial charge in [0.2, 0.25) is 0 Å². The molecule has 0 N–H and O–H groups in total. The van der Waals surface area contributed by atoms with E-state index in [9.17, 15) is 0 Å². The second-order valence-electron chi connectivity index (χ2n) is 14.8. The van der Waals surface area contributed by atoms with Crippen molar-refractivity contribution in [2.45, 2.75) is 19.3 Å². The predicted molar refractivity (Wildman–Crippen MR) is 219 cm³/mol. The Labute approximate surface area is 299 Å². The van der Waals surface area contributed by atoms with Crippen LogP contribution in [0.5, 0.6) is 0 Å². The SMILES string of the molecule is CC1(C)c2ccccc2-c2c1c1c3ccccc3n(-c3cccc(-c4ccc5c6c(cccc46)-c4ccccc4-5)c3)c1c1sc3ccccc3c21. The first-order valence-corrected chi connectivity index (χ1v) is 18.7. The van der Waals surface area contributed by atoms with Crippen LogP contribution in [0, 0.1) is 0 Å². The summed E-state index contributed by atoms with van der Waals surface area (Å²) in [5.74, 6) is 0. The number of hydrogen-bond donors (Lipinski definition) is 0. The highest BCUT2D eigenvalue weighted by molar-refractivity contribution is 7.26. The quantitative estimate of drug-likeness (QED) is 0.173. The summed E-state index contributed by atoms with van der Waals surface area (Å²) in [5, 5.41) is 8.12. The van der Waals surface area contributed by atoms with Gasteiger partial charge in [-0.2, -0.15) is 0 Å². The Balaban J connectivity index is 1.20. The molecule has 0 atom stereocenters. The zero-order chi connectivity index (χ0) is 33.6. The van der Waals surface area contributed by atoms with E-state index >= 15 is 0 Å². The fourth-order valence-corrected chi connectivity index (χ4v) is 11.1. The molecule has 0 aliphatic heterocycles. The molecular weight excluding hydrogens is 635 g/mol. The molecule has 0 bridgehead atoms. The van der Waals surface area contributed by atoms with Gasteiger partial charge in [-0.1, -0.05) is 141 Å². The van der Waals surface area contributed by atoms with Gasteiger partial charge in [-0.25, -0.2) is 0 Å². The zero-order valence-corrected chi connectivity index (χ0v) is 29.1. The first kappa shape index (κ1) is 27.8. The summed E-state index contributed by atoms with van der Waals surface area (Å²) < 4.78 is 5.27. The molecule has 2 aliphatic carbocycles. The molecule has 0 radical (unpaired) electrons. The lowest BCUT2D eigenvalue weighted by Crippen LogP contribution is -2.15. The Hall–Kier alpha value is -5.96. The van der Waals surface area contributed by atoms with Crippen LogP contribution in [0.2, 0.25) is 0 Å². The van der Waals surface area contributed by atoms with E-state index in [4.69, 9.17) is 0 Å². The second kappa shape index (κ2) is 9.63. The number of para-hydroxylation sites is 1. The van der Waals surface area contributed by atoms with Crippen LogP contribution in [0.3, 0.4) is 0 Å². The first-order chi connectivity index (χ1) is 25.1. The van der Waals surface area contributed by atoms with Gasteiger partial charge in [-0.3, -0.25) is 0 Å². The third-order valence-corrected chi connectivity index (χ3v) is 13.1. The normalized spacial score (nSPS) is 13.8. The lowest BCUT2D eigenvalue weighted by atomic mass is 9.80. The molecule has 1 nitrogen and oxygen atoms in total. The number of thiophene rings is 1. The Morgan fingerprint density at radius 2 is 1.14 bits per heavy atom. The van der Waals surface area contributed by atoms with Crippen molar-refractivity contribution in [2.24, 2.45) is 0 Å². The van der Waals surface area contributed by atoms with Crippen molar-refractivity contribution in [1.82, 2.24) is 4.57 Å². The molecule has 0 unspecified atom stereocenters. The molecule has 0 saturated heterocycles. The number of nitrogens with zero attached hydrogens (tertiary/aromatic N) is 1. The molecule has 2 aliphatic rings. The second-order valence-corrected chi connectivity index (χ2v) is 15.8. The van der Waals surface area contributed by atoms with Gasteiger partial charge in [0.1, 0.15) is 0 Å². The molecule has 2 heteroatoms. The maximum atomic E-state index is 2.57. The van der Waals surface area contributed by atoms with E-state index in [2.05, 4.69) is 170 Å². The third-order valence-electron chi connectivity index (χ3n) is 11.9. The van der Waals surface area contributed by atoms with E-state index < -0.39 is 0 Å². The molecule has 0 saturated carbocycles. The summed E-state index contributed by atoms with van der Waals surface area (Å²) in [6, 6.07) is 56.8. The number of fused-ring (bicyclic) bond motifs is 15. The van der Waals surface area contributed by atoms with E-state index in [-0.39, 0.29) is 5.41 Å². The number of benzene rings is 8. The van der Waals surface area contributed by atoms with Gasteiger partial charge in [0.25, 0.3) is 0 Å². The van der Waals surface area contributed by atoms with Crippen LogP contribution in [0.15, 0.2) is 152 Å². The van der Waals surface area contributed by atoms with E-state index in [1.54, 1.807) is 0 Å². The predicted octanol–water partition coefficient (Wildman–Crippen LogP) is 13.9. The summed E-state index contributed by atoms with van der Waals surface area (Å²) >= 11 is 1.94. The topological polar surface area (TPSA) is 4.93 Å². The molecule has 12 rings (SSSR count). The molecule has 0 amide bonds. The van der Waals surface area contributed by atoms with Crippen LogP contribution >= 0.6 is 11.3 Å². The molecule has 51 heavy (non-hydrogen) atoms. The van der Waals surface area contributed by atoms with Gasteiger partial charge in [-0.15, -0.1) is 11.3 Å². The monoisotopic (exact) mass is 665 g/mol. The minimum absolute atomic E-state index is 0.152. The lowest BCUT2D eigenvalue weighted by Gasteiger charge is -2.23. The number of rotatable bonds is 2. The van der Waals surface area contributed by atoms with Crippen molar-refractivity contribution in [3.63, 3.8) is 0 Å². The maximum absolute atomic E-state index is 2.57. The van der Waals surface area contributed by atoms with Crippen LogP contribution in [-0.4, -0.2) is 4.57 Å². The van der Waals surface area contributed by atoms with Gasteiger partial charge < -0.3 is 4.57 Å². The fraction of sp³-hybridized carbons (Fsp3) is 0.0612. The Bertz CT molecular complexity index is 3140. The lowest BCUT2D eigenvalue weighted by molar-refractivity contribution is 0.667. The Morgan fingerprint density at radius 3 is 2.00 bits per heavy atom. The van der Waals surface area contributed by atoms with Crippen molar-refractivity contribution < 1.29 is 0 Å². The highest BCUT2D eigenvalue weighted by Gasteiger charge is 2.40. The standard InChI is InChI=1S/C49H31NS/c1-49(2)39-22-8-5-17-36(39)43-44-38-19-7-10-24-41(38)51-48(44)47-45(46(43)49)37-18-6-9-23-40(37)50(47)29-14-11-13-28(27-29)30-25-26-35-32-16-4-3-15-31(32)34-21-12-20-33(30)42(34)35/h3-27H,1-2H3. The average molecular weight is 666 g/mol. The molecule has 8 aromatic carbocycles. The molecule has 238 valence electrons. The molecule has 0 fully saturated rings. The van der Waals surface area contributed by atoms with E-state index in [0.29, 0.717) is 0 Å². The summed E-state index contributed by atoms with van der Waals surface area (Å²) in [7, 11) is 0. The molecule has 10 aromatic rings. The molecule has 2 aromatic heterocycles. The molecule has 0 spiro atoms. The van der Waals surface area contributed by atoms with Crippen LogP contribution < -0.4 is 0 Å². The average Bonchev–Trinajstić information content (AvgIpc) is 3.89. The minimum Gasteiger partial charge on any atom is -0.308 e. The highest BCUT2D eigenvalue weighted by atomic mass is 32.1. The van der Waals surface area contributed by atoms with Crippen molar-refractivity contribution in [1.29, 1.82) is 0 Å². The number of aromatic nitrogens is 1. The van der Waals surface area contributed by atoms with Gasteiger partial charge in [0.15, 0.2) is 0 Å². The van der Waals surface area contributed by atoms with Gasteiger partial charge in [0.05, 0.1) is 15.7 Å². The summed E-state index contributed by atoms with van der Waals surface area (Å²) in [6.45, 7) is 4.86. The van der Waals surface area contributed by atoms with Crippen molar-refractivity contribution in [3.8, 4) is 50.2 Å². The van der Waals surface area contributed by atoms with Crippen molar-refractivity contribution >= 4 is 64.1 Å². The summed E-state index contributed by atoms with van der Waals surface area (Å²) in [5.41, 5.74) is 17.1. The first-order valence-electron chi connectivity index (χ1n) is 17.9. The van der Waals surface area contributed by atoms with Crippen LogP contribution in [0.4, 0.5) is 0 Å². The maximum Gasteiger partial charge on any atom is 0.0723 e. The van der Waals surface area contributed by atoms with Gasteiger partial charge >= 0.3 is 0 Å². The minimum atomic E-state index is -0.152. The van der Waals surface area contributed by atoms with Crippen LogP contribution in [0.1, 0.15) is 25.0 Å². The Morgan fingerprint density at radius 1 is 0.490 bits per heavy atom.